The lowest BCUT2D eigenvalue weighted by Gasteiger charge is -2.31. The maximum atomic E-state index is 12.3. The van der Waals surface area contributed by atoms with Gasteiger partial charge in [-0.2, -0.15) is 0 Å². The Morgan fingerprint density at radius 3 is 1.70 bits per heavy atom. The van der Waals surface area contributed by atoms with Crippen molar-refractivity contribution >= 4 is 75.1 Å². The van der Waals surface area contributed by atoms with Gasteiger partial charge in [-0.1, -0.05) is 146 Å². The van der Waals surface area contributed by atoms with Crippen molar-refractivity contribution in [2.45, 2.75) is 6.42 Å². The van der Waals surface area contributed by atoms with Crippen LogP contribution in [0.25, 0.3) is 83.8 Å². The number of phenols is 7. The van der Waals surface area contributed by atoms with Crippen LogP contribution in [-0.2, 0) is 0 Å². The molecule has 1 aromatic heterocycles. The molecule has 67 heavy (non-hydrogen) atoms. The number of aromatic hydroxyl groups is 7. The van der Waals surface area contributed by atoms with Gasteiger partial charge in [-0.25, -0.2) is 0 Å². The van der Waals surface area contributed by atoms with Gasteiger partial charge in [-0.05, 0) is 92.4 Å². The zero-order chi connectivity index (χ0) is 46.1. The van der Waals surface area contributed by atoms with E-state index in [0.717, 1.165) is 60.0 Å². The summed E-state index contributed by atoms with van der Waals surface area (Å²) >= 11 is 0. The van der Waals surface area contributed by atoms with Crippen LogP contribution < -0.4 is 10.4 Å². The number of aromatic nitrogens is 1. The number of hydrogen-bond donors (Lipinski definition) is 7. The predicted molar refractivity (Wildman–Crippen MR) is 272 cm³/mol. The molecule has 0 saturated carbocycles. The highest BCUT2D eigenvalue weighted by Gasteiger charge is 2.35. The molecule has 0 aliphatic heterocycles. The van der Waals surface area contributed by atoms with Gasteiger partial charge in [0, 0.05) is 27.7 Å². The quantitative estimate of drug-likeness (QED) is 0.0475. The van der Waals surface area contributed by atoms with Gasteiger partial charge in [0.25, 0.3) is 0 Å². The van der Waals surface area contributed by atoms with Crippen molar-refractivity contribution in [3.8, 4) is 79.3 Å². The number of allylic oxidation sites excluding steroid dienone is 2. The monoisotopic (exact) mass is 876 g/mol. The fraction of sp³-hybridized carbons (Fsp3) is 0.0175. The lowest BCUT2D eigenvalue weighted by atomic mass is 9.82. The largest absolute Gasteiger partial charge is 0.506 e. The van der Waals surface area contributed by atoms with Crippen molar-refractivity contribution in [1.29, 1.82) is 0 Å². The Balaban J connectivity index is 1.10. The van der Waals surface area contributed by atoms with E-state index in [1.165, 1.54) is 0 Å². The molecule has 11 rings (SSSR count). The van der Waals surface area contributed by atoms with Crippen LogP contribution >= 0.6 is 0 Å². The number of para-hydroxylation sites is 2. The molecule has 0 saturated heterocycles. The van der Waals surface area contributed by atoms with Crippen LogP contribution in [0.5, 0.6) is 40.2 Å². The van der Waals surface area contributed by atoms with Gasteiger partial charge in [-0.15, -0.1) is 0 Å². The highest BCUT2D eigenvalue weighted by Crippen LogP contribution is 2.61. The topological polar surface area (TPSA) is 150 Å². The summed E-state index contributed by atoms with van der Waals surface area (Å²) in [5.74, 6) is -5.15. The maximum absolute atomic E-state index is 12.3. The molecule has 0 fully saturated rings. The summed E-state index contributed by atoms with van der Waals surface area (Å²) in [6, 6.07) is 49.6. The molecular formula is C57H41BN2O7. The number of phenolic OH excluding ortho intramolecular Hbond substituents is 7. The summed E-state index contributed by atoms with van der Waals surface area (Å²) in [6.07, 6.45) is 8.58. The average molecular weight is 877 g/mol. The van der Waals surface area contributed by atoms with Gasteiger partial charge in [0.15, 0.2) is 34.5 Å². The van der Waals surface area contributed by atoms with E-state index in [-0.39, 0.29) is 22.3 Å². The number of benzene rings is 9. The molecule has 0 radical (unpaired) electrons. The number of nitrogens with zero attached hydrogens (tertiary/aromatic N) is 2. The van der Waals surface area contributed by atoms with Gasteiger partial charge in [0.1, 0.15) is 25.0 Å². The number of fused-ring (bicyclic) bond motifs is 5. The summed E-state index contributed by atoms with van der Waals surface area (Å²) in [5.41, 5.74) is 6.51. The second-order valence-electron chi connectivity index (χ2n) is 16.7. The SMILES string of the molecule is Bc1c(O)c(N(c2ccc(-c3cccc(-n4c5ccccc5c5ccccc54)c3)cc2)c2c(O)c(O)c(-c3cccc4ccccc34)c(O)c2O)c(O)c(O)c1-c1cccc2c1C=CCC=C2. The molecule has 1 aliphatic carbocycles. The first-order valence-corrected chi connectivity index (χ1v) is 21.8. The zero-order valence-electron chi connectivity index (χ0n) is 36.1. The maximum Gasteiger partial charge on any atom is 0.186 e. The van der Waals surface area contributed by atoms with Crippen molar-refractivity contribution in [3.05, 3.63) is 181 Å². The zero-order valence-corrected chi connectivity index (χ0v) is 36.1. The molecule has 9 nitrogen and oxygen atoms in total. The molecule has 10 heteroatoms. The summed E-state index contributed by atoms with van der Waals surface area (Å²) in [6.45, 7) is 0. The Labute approximate surface area is 385 Å². The highest BCUT2D eigenvalue weighted by molar-refractivity contribution is 6.40. The van der Waals surface area contributed by atoms with Crippen LogP contribution in [0.4, 0.5) is 17.1 Å². The van der Waals surface area contributed by atoms with Gasteiger partial charge < -0.3 is 40.3 Å². The molecule has 0 amide bonds. The van der Waals surface area contributed by atoms with Crippen LogP contribution in [-0.4, -0.2) is 48.2 Å². The molecular weight excluding hydrogens is 835 g/mol. The van der Waals surface area contributed by atoms with Crippen molar-refractivity contribution in [3.63, 3.8) is 0 Å². The van der Waals surface area contributed by atoms with Crippen LogP contribution in [0.2, 0.25) is 0 Å². The van der Waals surface area contributed by atoms with E-state index >= 15 is 0 Å². The van der Waals surface area contributed by atoms with E-state index < -0.39 is 51.6 Å². The van der Waals surface area contributed by atoms with E-state index in [1.807, 2.05) is 91.0 Å². The molecule has 0 spiro atoms. The molecule has 10 aromatic rings. The minimum atomic E-state index is -0.869. The molecule has 1 heterocycles. The number of rotatable bonds is 7. The molecule has 0 bridgehead atoms. The van der Waals surface area contributed by atoms with E-state index in [9.17, 15) is 35.7 Å². The second kappa shape index (κ2) is 15.9. The van der Waals surface area contributed by atoms with Crippen molar-refractivity contribution in [2.75, 3.05) is 4.90 Å². The number of anilines is 3. The van der Waals surface area contributed by atoms with Gasteiger partial charge in [0.2, 0.25) is 0 Å². The van der Waals surface area contributed by atoms with Crippen LogP contribution in [0.1, 0.15) is 17.5 Å². The summed E-state index contributed by atoms with van der Waals surface area (Å²) < 4.78 is 2.22. The molecule has 324 valence electrons. The van der Waals surface area contributed by atoms with E-state index in [0.29, 0.717) is 22.9 Å². The standard InChI is InChI=1S/C57H41BN2O7/c58-48-46(42-23-11-15-33-13-2-1-3-19-38(33)42)51(61)55(65)49(54(48)64)60(50-56(66)52(62)47(53(63)57(50)67)43-24-12-16-34-14-4-5-20-39(34)43)36-29-27-32(28-30-36)35-17-10-18-37(31-35)59-44-25-8-6-21-40(44)41-22-7-9-26-45(41)59/h2-31,61-67H,1,58H2. The molecule has 7 N–H and O–H groups in total. The van der Waals surface area contributed by atoms with Gasteiger partial charge in [-0.3, -0.25) is 4.90 Å². The van der Waals surface area contributed by atoms with Gasteiger partial charge >= 0.3 is 0 Å². The molecule has 9 aromatic carbocycles. The Morgan fingerprint density at radius 1 is 0.448 bits per heavy atom. The third kappa shape index (κ3) is 6.41. The normalized spacial score (nSPS) is 12.2. The molecule has 0 atom stereocenters. The first-order valence-electron chi connectivity index (χ1n) is 21.8. The predicted octanol–water partition coefficient (Wildman–Crippen LogP) is 12.0. The van der Waals surface area contributed by atoms with E-state index in [2.05, 4.69) is 41.0 Å². The summed E-state index contributed by atoms with van der Waals surface area (Å²) in [7, 11) is 1.59. The van der Waals surface area contributed by atoms with Gasteiger partial charge in [0.05, 0.1) is 16.6 Å². The fourth-order valence-corrected chi connectivity index (χ4v) is 9.74. The van der Waals surface area contributed by atoms with Crippen molar-refractivity contribution in [2.24, 2.45) is 0 Å². The van der Waals surface area contributed by atoms with Crippen molar-refractivity contribution < 1.29 is 35.7 Å². The number of hydrogen-bond acceptors (Lipinski definition) is 8. The molecule has 0 unspecified atom stereocenters. The first-order chi connectivity index (χ1) is 32.6. The third-order valence-corrected chi connectivity index (χ3v) is 12.9. The fourth-order valence-electron chi connectivity index (χ4n) is 9.74. The lowest BCUT2D eigenvalue weighted by Crippen LogP contribution is -2.17. The average Bonchev–Trinajstić information content (AvgIpc) is 3.49. The smallest absolute Gasteiger partial charge is 0.186 e. The second-order valence-corrected chi connectivity index (χ2v) is 16.7. The lowest BCUT2D eigenvalue weighted by molar-refractivity contribution is 0.376. The Hall–Kier alpha value is -9.02. The Morgan fingerprint density at radius 2 is 1.00 bits per heavy atom. The van der Waals surface area contributed by atoms with Crippen LogP contribution in [0.3, 0.4) is 0 Å². The minimum Gasteiger partial charge on any atom is -0.506 e. The van der Waals surface area contributed by atoms with E-state index in [1.54, 1.807) is 62.4 Å². The first kappa shape index (κ1) is 40.7. The molecule has 1 aliphatic rings. The highest BCUT2D eigenvalue weighted by atomic mass is 16.3. The summed E-state index contributed by atoms with van der Waals surface area (Å²) in [4.78, 5) is 1.12. The summed E-state index contributed by atoms with van der Waals surface area (Å²) in [5, 5.41) is 88.3. The van der Waals surface area contributed by atoms with Crippen LogP contribution in [0.15, 0.2) is 170 Å². The minimum absolute atomic E-state index is 0.166. The third-order valence-electron chi connectivity index (χ3n) is 12.9. The Kier molecular flexibility index (Phi) is 9.67. The van der Waals surface area contributed by atoms with Crippen molar-refractivity contribution in [1.82, 2.24) is 4.57 Å². The van der Waals surface area contributed by atoms with Crippen LogP contribution in [0, 0.1) is 0 Å². The Bertz CT molecular complexity index is 3610. The van der Waals surface area contributed by atoms with E-state index in [4.69, 9.17) is 0 Å².